The number of aryl methyl sites for hydroxylation is 1. The summed E-state index contributed by atoms with van der Waals surface area (Å²) in [6.45, 7) is 2.91. The summed E-state index contributed by atoms with van der Waals surface area (Å²) >= 11 is 0. The van der Waals surface area contributed by atoms with E-state index in [-0.39, 0.29) is 0 Å². The Hall–Kier alpha value is -2.04. The summed E-state index contributed by atoms with van der Waals surface area (Å²) in [5, 5.41) is 14.2. The Morgan fingerprint density at radius 1 is 1.20 bits per heavy atom. The molecule has 0 aliphatic heterocycles. The average molecular weight is 276 g/mol. The van der Waals surface area contributed by atoms with Crippen LogP contribution in [0.3, 0.4) is 0 Å². The minimum Gasteiger partial charge on any atom is -0.480 e. The van der Waals surface area contributed by atoms with Gasteiger partial charge in [-0.15, -0.1) is 0 Å². The van der Waals surface area contributed by atoms with Crippen molar-refractivity contribution in [1.29, 1.82) is 0 Å². The van der Waals surface area contributed by atoms with E-state index in [4.69, 9.17) is 5.11 Å². The van der Waals surface area contributed by atoms with Gasteiger partial charge >= 0.3 is 12.0 Å². The number of urea groups is 1. The molecule has 0 unspecified atom stereocenters. The topological polar surface area (TPSA) is 78.4 Å². The summed E-state index contributed by atoms with van der Waals surface area (Å²) in [5.41, 5.74) is 1.92. The van der Waals surface area contributed by atoms with Gasteiger partial charge in [-0.25, -0.2) is 9.59 Å². The van der Waals surface area contributed by atoms with Gasteiger partial charge in [-0.1, -0.05) is 12.1 Å². The van der Waals surface area contributed by atoms with Crippen molar-refractivity contribution in [2.45, 2.75) is 45.1 Å². The van der Waals surface area contributed by atoms with Gasteiger partial charge in [0.15, 0.2) is 0 Å². The molecule has 0 bridgehead atoms. The van der Waals surface area contributed by atoms with Crippen LogP contribution < -0.4 is 10.6 Å². The highest BCUT2D eigenvalue weighted by Gasteiger charge is 2.29. The zero-order valence-corrected chi connectivity index (χ0v) is 11.8. The predicted octanol–water partition coefficient (Wildman–Crippen LogP) is 2.55. The van der Waals surface area contributed by atoms with Gasteiger partial charge in [0.1, 0.15) is 5.54 Å². The molecule has 20 heavy (non-hydrogen) atoms. The van der Waals surface area contributed by atoms with Crippen LogP contribution in [-0.4, -0.2) is 22.6 Å². The predicted molar refractivity (Wildman–Crippen MR) is 77.0 cm³/mol. The first-order valence-electron chi connectivity index (χ1n) is 6.83. The van der Waals surface area contributed by atoms with E-state index in [0.717, 1.165) is 24.9 Å². The summed E-state index contributed by atoms with van der Waals surface area (Å²) in [6, 6.07) is 5.37. The van der Waals surface area contributed by atoms with E-state index in [1.807, 2.05) is 12.1 Å². The minimum absolute atomic E-state index is 0.489. The third-order valence-corrected chi connectivity index (χ3v) is 3.60. The normalized spacial score (nSPS) is 14.3. The molecule has 1 aliphatic rings. The molecule has 5 heteroatoms. The second-order valence-electron chi connectivity index (χ2n) is 5.66. The smallest absolute Gasteiger partial charge is 0.328 e. The maximum atomic E-state index is 11.9. The lowest BCUT2D eigenvalue weighted by atomic mass is 9.90. The zero-order valence-electron chi connectivity index (χ0n) is 11.8. The van der Waals surface area contributed by atoms with Gasteiger partial charge < -0.3 is 15.7 Å². The molecule has 1 aromatic rings. The minimum atomic E-state index is -1.29. The molecule has 0 saturated carbocycles. The number of rotatable bonds is 3. The van der Waals surface area contributed by atoms with E-state index in [9.17, 15) is 9.59 Å². The molecular formula is C15H20N2O3. The molecular weight excluding hydrogens is 256 g/mol. The Bertz CT molecular complexity index is 538. The number of anilines is 1. The van der Waals surface area contributed by atoms with Crippen LogP contribution in [0.2, 0.25) is 0 Å². The Balaban J connectivity index is 2.11. The fourth-order valence-corrected chi connectivity index (χ4v) is 2.39. The van der Waals surface area contributed by atoms with Crippen LogP contribution in [-0.2, 0) is 17.6 Å². The molecule has 108 valence electrons. The van der Waals surface area contributed by atoms with E-state index >= 15 is 0 Å². The molecule has 0 spiro atoms. The van der Waals surface area contributed by atoms with Gasteiger partial charge in [0.05, 0.1) is 0 Å². The summed E-state index contributed by atoms with van der Waals surface area (Å²) in [5.74, 6) is -1.07. The lowest BCUT2D eigenvalue weighted by molar-refractivity contribution is -0.142. The van der Waals surface area contributed by atoms with Crippen LogP contribution in [0.4, 0.5) is 10.5 Å². The average Bonchev–Trinajstić information content (AvgIpc) is 2.38. The van der Waals surface area contributed by atoms with Crippen LogP contribution in [0.15, 0.2) is 18.2 Å². The van der Waals surface area contributed by atoms with Gasteiger partial charge in [0.2, 0.25) is 0 Å². The van der Waals surface area contributed by atoms with Gasteiger partial charge in [-0.2, -0.15) is 0 Å². The van der Waals surface area contributed by atoms with Crippen molar-refractivity contribution in [3.63, 3.8) is 0 Å². The van der Waals surface area contributed by atoms with Crippen molar-refractivity contribution < 1.29 is 14.7 Å². The molecule has 1 aromatic carbocycles. The maximum absolute atomic E-state index is 11.9. The molecule has 0 heterocycles. The first-order chi connectivity index (χ1) is 9.40. The summed E-state index contributed by atoms with van der Waals surface area (Å²) in [4.78, 5) is 22.9. The summed E-state index contributed by atoms with van der Waals surface area (Å²) in [6.07, 6.45) is 4.28. The van der Waals surface area contributed by atoms with E-state index < -0.39 is 17.5 Å². The Labute approximate surface area is 118 Å². The number of aliphatic carboxylic acids is 1. The molecule has 0 atom stereocenters. The SMILES string of the molecule is CC(C)(NC(=O)Nc1cccc2c1CCCC2)C(=O)O. The molecule has 2 amide bonds. The zero-order chi connectivity index (χ0) is 14.8. The number of carbonyl (C=O) groups excluding carboxylic acids is 1. The highest BCUT2D eigenvalue weighted by atomic mass is 16.4. The Morgan fingerprint density at radius 2 is 1.90 bits per heavy atom. The lowest BCUT2D eigenvalue weighted by Gasteiger charge is -2.23. The maximum Gasteiger partial charge on any atom is 0.328 e. The molecule has 3 N–H and O–H groups in total. The Kier molecular flexibility index (Phi) is 3.97. The Morgan fingerprint density at radius 3 is 2.60 bits per heavy atom. The van der Waals surface area contributed by atoms with E-state index in [0.29, 0.717) is 0 Å². The van der Waals surface area contributed by atoms with Crippen LogP contribution >= 0.6 is 0 Å². The number of carbonyl (C=O) groups is 2. The quantitative estimate of drug-likeness (QED) is 0.794. The summed E-state index contributed by atoms with van der Waals surface area (Å²) < 4.78 is 0. The van der Waals surface area contributed by atoms with E-state index in [2.05, 4.69) is 16.7 Å². The number of carboxylic acid groups (broad SMARTS) is 1. The van der Waals surface area contributed by atoms with Crippen molar-refractivity contribution in [1.82, 2.24) is 5.32 Å². The number of benzene rings is 1. The van der Waals surface area contributed by atoms with Crippen molar-refractivity contribution >= 4 is 17.7 Å². The van der Waals surface area contributed by atoms with Gasteiger partial charge in [0, 0.05) is 5.69 Å². The first kappa shape index (κ1) is 14.4. The van der Waals surface area contributed by atoms with Gasteiger partial charge in [0.25, 0.3) is 0 Å². The number of hydrogen-bond acceptors (Lipinski definition) is 2. The molecule has 0 radical (unpaired) electrons. The molecule has 5 nitrogen and oxygen atoms in total. The van der Waals surface area contributed by atoms with Crippen molar-refractivity contribution in [3.8, 4) is 0 Å². The van der Waals surface area contributed by atoms with Crippen molar-refractivity contribution in [3.05, 3.63) is 29.3 Å². The van der Waals surface area contributed by atoms with Gasteiger partial charge in [-0.3, -0.25) is 0 Å². The molecule has 1 aliphatic carbocycles. The first-order valence-corrected chi connectivity index (χ1v) is 6.83. The third-order valence-electron chi connectivity index (χ3n) is 3.60. The number of carboxylic acids is 1. The lowest BCUT2D eigenvalue weighted by Crippen LogP contribution is -2.51. The van der Waals surface area contributed by atoms with E-state index in [1.54, 1.807) is 0 Å². The van der Waals surface area contributed by atoms with Crippen molar-refractivity contribution in [2.24, 2.45) is 0 Å². The van der Waals surface area contributed by atoms with E-state index in [1.165, 1.54) is 31.4 Å². The van der Waals surface area contributed by atoms with Crippen molar-refractivity contribution in [2.75, 3.05) is 5.32 Å². The van der Waals surface area contributed by atoms with Crippen LogP contribution in [0, 0.1) is 0 Å². The second-order valence-corrected chi connectivity index (χ2v) is 5.66. The fraction of sp³-hybridized carbons (Fsp3) is 0.467. The number of fused-ring (bicyclic) bond motifs is 1. The largest absolute Gasteiger partial charge is 0.480 e. The number of hydrogen-bond donors (Lipinski definition) is 3. The second kappa shape index (κ2) is 5.53. The summed E-state index contributed by atoms with van der Waals surface area (Å²) in [7, 11) is 0. The fourth-order valence-electron chi connectivity index (χ4n) is 2.39. The van der Waals surface area contributed by atoms with Crippen LogP contribution in [0.5, 0.6) is 0 Å². The monoisotopic (exact) mass is 276 g/mol. The number of nitrogens with one attached hydrogen (secondary N) is 2. The van der Waals surface area contributed by atoms with Gasteiger partial charge in [-0.05, 0) is 56.7 Å². The number of amides is 2. The molecule has 2 rings (SSSR count). The third kappa shape index (κ3) is 3.10. The van der Waals surface area contributed by atoms with Crippen LogP contribution in [0.25, 0.3) is 0 Å². The standard InChI is InChI=1S/C15H20N2O3/c1-15(2,13(18)19)17-14(20)16-12-9-5-7-10-6-3-4-8-11(10)12/h5,7,9H,3-4,6,8H2,1-2H3,(H,18,19)(H2,16,17,20). The molecule has 0 saturated heterocycles. The van der Waals surface area contributed by atoms with Crippen LogP contribution in [0.1, 0.15) is 37.8 Å². The molecule has 0 fully saturated rings. The highest BCUT2D eigenvalue weighted by Crippen LogP contribution is 2.27. The highest BCUT2D eigenvalue weighted by molar-refractivity contribution is 5.94. The molecule has 0 aromatic heterocycles.